The summed E-state index contributed by atoms with van der Waals surface area (Å²) in [7, 11) is 4.13. The summed E-state index contributed by atoms with van der Waals surface area (Å²) in [4.78, 5) is 2.13. The van der Waals surface area contributed by atoms with Crippen molar-refractivity contribution in [1.29, 1.82) is 0 Å². The fraction of sp³-hybridized carbons (Fsp3) is 0.188. The van der Waals surface area contributed by atoms with Crippen LogP contribution < -0.4 is 4.57 Å². The summed E-state index contributed by atoms with van der Waals surface area (Å²) in [6.07, 6.45) is 7.32. The maximum absolute atomic E-state index is 2.25. The Morgan fingerprint density at radius 1 is 1.00 bits per heavy atom. The summed E-state index contributed by atoms with van der Waals surface area (Å²) in [5.74, 6) is 1.18. The van der Waals surface area contributed by atoms with Gasteiger partial charge in [-0.25, -0.2) is 4.57 Å². The summed E-state index contributed by atoms with van der Waals surface area (Å²) in [6, 6.07) is 16.6. The number of rotatable bonds is 4. The van der Waals surface area contributed by atoms with E-state index in [0.717, 1.165) is 6.42 Å². The van der Waals surface area contributed by atoms with Crippen molar-refractivity contribution in [3.8, 4) is 0 Å². The van der Waals surface area contributed by atoms with Gasteiger partial charge in [0.1, 0.15) is 0 Å². The third-order valence-electron chi connectivity index (χ3n) is 2.80. The van der Waals surface area contributed by atoms with E-state index in [9.17, 15) is 0 Å². The van der Waals surface area contributed by atoms with E-state index in [1.165, 1.54) is 11.4 Å². The largest absolute Gasteiger partial charge is 0.276 e. The molecule has 1 aromatic carbocycles. The molecule has 0 aliphatic rings. The predicted molar refractivity (Wildman–Crippen MR) is 74.7 cm³/mol. The smallest absolute Gasteiger partial charge is 0.267 e. The number of nitrogens with zero attached hydrogens (tertiary/aromatic N) is 2. The van der Waals surface area contributed by atoms with Gasteiger partial charge in [-0.3, -0.25) is 4.90 Å². The molecule has 0 bridgehead atoms. The van der Waals surface area contributed by atoms with Gasteiger partial charge in [0.05, 0.1) is 26.5 Å². The molecule has 2 rings (SSSR count). The van der Waals surface area contributed by atoms with Crippen LogP contribution in [-0.2, 0) is 6.42 Å². The van der Waals surface area contributed by atoms with Crippen molar-refractivity contribution in [2.24, 2.45) is 0 Å². The normalized spacial score (nSPS) is 11.3. The molecule has 0 unspecified atom stereocenters. The highest BCUT2D eigenvalue weighted by molar-refractivity contribution is 5.32. The molecule has 0 saturated carbocycles. The Hall–Kier alpha value is -2.09. The Balaban J connectivity index is 2.21. The van der Waals surface area contributed by atoms with Gasteiger partial charge < -0.3 is 0 Å². The minimum atomic E-state index is 0.941. The van der Waals surface area contributed by atoms with Gasteiger partial charge in [0.2, 0.25) is 0 Å². The lowest BCUT2D eigenvalue weighted by Crippen LogP contribution is -2.38. The lowest BCUT2D eigenvalue weighted by Gasteiger charge is -2.10. The van der Waals surface area contributed by atoms with Gasteiger partial charge >= 0.3 is 0 Å². The lowest BCUT2D eigenvalue weighted by atomic mass is 10.1. The zero-order valence-corrected chi connectivity index (χ0v) is 11.0. The molecule has 0 radical (unpaired) electrons. The number of hydrogen-bond acceptors (Lipinski definition) is 1. The maximum Gasteiger partial charge on any atom is 0.276 e. The Bertz CT molecular complexity index is 501. The second-order valence-corrected chi connectivity index (χ2v) is 4.43. The van der Waals surface area contributed by atoms with Gasteiger partial charge in [-0.2, -0.15) is 0 Å². The molecule has 0 amide bonds. The van der Waals surface area contributed by atoms with E-state index in [4.69, 9.17) is 0 Å². The molecule has 2 nitrogen and oxygen atoms in total. The zero-order valence-electron chi connectivity index (χ0n) is 11.0. The number of allylic oxidation sites excluding steroid dienone is 1. The quantitative estimate of drug-likeness (QED) is 0.744. The predicted octanol–water partition coefficient (Wildman–Crippen LogP) is 2.58. The van der Waals surface area contributed by atoms with Crippen LogP contribution in [0.25, 0.3) is 5.82 Å². The molecule has 0 N–H and O–H groups in total. The van der Waals surface area contributed by atoms with E-state index < -0.39 is 0 Å². The van der Waals surface area contributed by atoms with Crippen molar-refractivity contribution in [3.63, 3.8) is 0 Å². The van der Waals surface area contributed by atoms with Crippen LogP contribution in [0.2, 0.25) is 0 Å². The standard InChI is InChI=1S/C16H19N2/c1-17(2)16(18-13-7-4-8-14-18)12-11-15-9-5-3-6-10-15/h3-10,12-14H,11H2,1-2H3/q+1/b16-12+. The van der Waals surface area contributed by atoms with Crippen LogP contribution in [0.3, 0.4) is 0 Å². The zero-order chi connectivity index (χ0) is 12.8. The van der Waals surface area contributed by atoms with E-state index in [1.54, 1.807) is 0 Å². The molecular weight excluding hydrogens is 220 g/mol. The third kappa shape index (κ3) is 3.20. The van der Waals surface area contributed by atoms with Crippen LogP contribution in [0.5, 0.6) is 0 Å². The van der Waals surface area contributed by atoms with E-state index in [0.29, 0.717) is 0 Å². The highest BCUT2D eigenvalue weighted by Crippen LogP contribution is 2.04. The summed E-state index contributed by atoms with van der Waals surface area (Å²) in [5.41, 5.74) is 1.33. The van der Waals surface area contributed by atoms with Gasteiger partial charge in [0, 0.05) is 6.08 Å². The molecule has 1 heterocycles. The summed E-state index contributed by atoms with van der Waals surface area (Å²) in [6.45, 7) is 0. The number of pyridine rings is 1. The monoisotopic (exact) mass is 239 g/mol. The van der Waals surface area contributed by atoms with Crippen LogP contribution in [0.1, 0.15) is 5.56 Å². The highest BCUT2D eigenvalue weighted by Gasteiger charge is 2.10. The average Bonchev–Trinajstić information content (AvgIpc) is 2.41. The molecule has 0 aliphatic heterocycles. The fourth-order valence-electron chi connectivity index (χ4n) is 1.89. The molecule has 0 aliphatic carbocycles. The van der Waals surface area contributed by atoms with Crippen LogP contribution >= 0.6 is 0 Å². The Labute approximate surface area is 109 Å². The minimum Gasteiger partial charge on any atom is -0.267 e. The van der Waals surface area contributed by atoms with Crippen LogP contribution in [0, 0.1) is 0 Å². The third-order valence-corrected chi connectivity index (χ3v) is 2.80. The van der Waals surface area contributed by atoms with Gasteiger partial charge in [-0.1, -0.05) is 36.4 Å². The van der Waals surface area contributed by atoms with Crippen LogP contribution in [0.15, 0.2) is 67.0 Å². The lowest BCUT2D eigenvalue weighted by molar-refractivity contribution is -0.591. The topological polar surface area (TPSA) is 7.12 Å². The first-order valence-electron chi connectivity index (χ1n) is 6.15. The molecular formula is C16H19N2+. The van der Waals surface area contributed by atoms with Crippen molar-refractivity contribution in [1.82, 2.24) is 4.90 Å². The summed E-state index contributed by atoms with van der Waals surface area (Å²) < 4.78 is 2.13. The fourth-order valence-corrected chi connectivity index (χ4v) is 1.89. The number of hydrogen-bond donors (Lipinski definition) is 0. The molecule has 2 aromatic rings. The van der Waals surface area contributed by atoms with Crippen LogP contribution in [-0.4, -0.2) is 19.0 Å². The van der Waals surface area contributed by atoms with E-state index in [-0.39, 0.29) is 0 Å². The average molecular weight is 239 g/mol. The summed E-state index contributed by atoms with van der Waals surface area (Å²) in [5, 5.41) is 0. The first-order valence-corrected chi connectivity index (χ1v) is 6.15. The number of benzene rings is 1. The Kier molecular flexibility index (Phi) is 4.13. The molecule has 0 saturated heterocycles. The summed E-state index contributed by atoms with van der Waals surface area (Å²) >= 11 is 0. The Morgan fingerprint density at radius 2 is 1.61 bits per heavy atom. The van der Waals surface area contributed by atoms with Gasteiger partial charge in [-0.05, 0) is 24.1 Å². The van der Waals surface area contributed by atoms with Crippen molar-refractivity contribution in [2.45, 2.75) is 6.42 Å². The Morgan fingerprint density at radius 3 is 2.22 bits per heavy atom. The molecule has 18 heavy (non-hydrogen) atoms. The van der Waals surface area contributed by atoms with Crippen molar-refractivity contribution in [3.05, 3.63) is 72.6 Å². The molecule has 0 atom stereocenters. The number of aromatic nitrogens is 1. The van der Waals surface area contributed by atoms with Gasteiger partial charge in [-0.15, -0.1) is 0 Å². The molecule has 0 spiro atoms. The first kappa shape index (κ1) is 12.4. The molecule has 0 fully saturated rings. The van der Waals surface area contributed by atoms with Gasteiger partial charge in [0.25, 0.3) is 5.82 Å². The minimum absolute atomic E-state index is 0.941. The molecule has 92 valence electrons. The van der Waals surface area contributed by atoms with E-state index in [2.05, 4.69) is 66.3 Å². The van der Waals surface area contributed by atoms with Crippen LogP contribution in [0.4, 0.5) is 0 Å². The first-order chi connectivity index (χ1) is 8.77. The maximum atomic E-state index is 2.25. The SMILES string of the molecule is CN(C)/C(=C\Cc1ccccc1)[n+]1ccccc1. The van der Waals surface area contributed by atoms with Crippen molar-refractivity contribution >= 4 is 5.82 Å². The highest BCUT2D eigenvalue weighted by atomic mass is 15.2. The van der Waals surface area contributed by atoms with Crippen molar-refractivity contribution < 1.29 is 4.57 Å². The second kappa shape index (κ2) is 6.01. The van der Waals surface area contributed by atoms with E-state index >= 15 is 0 Å². The van der Waals surface area contributed by atoms with Gasteiger partial charge in [0.15, 0.2) is 0 Å². The second-order valence-electron chi connectivity index (χ2n) is 4.43. The molecule has 1 aromatic heterocycles. The molecule has 2 heteroatoms. The van der Waals surface area contributed by atoms with E-state index in [1.807, 2.05) is 24.3 Å². The van der Waals surface area contributed by atoms with Crippen molar-refractivity contribution in [2.75, 3.05) is 14.1 Å².